The highest BCUT2D eigenvalue weighted by atomic mass is 15.2. The van der Waals surface area contributed by atoms with Gasteiger partial charge in [0.15, 0.2) is 0 Å². The first-order valence-corrected chi connectivity index (χ1v) is 6.59. The van der Waals surface area contributed by atoms with Gasteiger partial charge in [0.2, 0.25) is 0 Å². The van der Waals surface area contributed by atoms with Crippen LogP contribution in [0.25, 0.3) is 0 Å². The fourth-order valence-corrected chi connectivity index (χ4v) is 2.91. The van der Waals surface area contributed by atoms with Gasteiger partial charge in [-0.2, -0.15) is 0 Å². The van der Waals surface area contributed by atoms with Crippen molar-refractivity contribution in [1.82, 2.24) is 10.2 Å². The van der Waals surface area contributed by atoms with Crippen LogP contribution >= 0.6 is 0 Å². The third-order valence-corrected chi connectivity index (χ3v) is 3.83. The summed E-state index contributed by atoms with van der Waals surface area (Å²) in [4.78, 5) is 2.64. The molecule has 0 amide bonds. The van der Waals surface area contributed by atoms with E-state index in [0.29, 0.717) is 0 Å². The molecule has 1 N–H and O–H groups in total. The fraction of sp³-hybridized carbons (Fsp3) is 1.00. The number of rotatable bonds is 4. The highest BCUT2D eigenvalue weighted by Crippen LogP contribution is 2.20. The molecule has 0 radical (unpaired) electrons. The molecule has 1 aliphatic heterocycles. The molecule has 90 valence electrons. The van der Waals surface area contributed by atoms with Crippen LogP contribution in [0.2, 0.25) is 0 Å². The lowest BCUT2D eigenvalue weighted by atomic mass is 9.96. The highest BCUT2D eigenvalue weighted by molar-refractivity contribution is 4.80. The number of nitrogens with zero attached hydrogens (tertiary/aromatic N) is 1. The summed E-state index contributed by atoms with van der Waals surface area (Å²) in [7, 11) is 2.32. The maximum absolute atomic E-state index is 3.49. The fourth-order valence-electron chi connectivity index (χ4n) is 2.91. The van der Waals surface area contributed by atoms with Crippen molar-refractivity contribution < 1.29 is 0 Å². The molecular formula is C13H28N2. The Morgan fingerprint density at radius 3 is 2.60 bits per heavy atom. The van der Waals surface area contributed by atoms with E-state index in [2.05, 4.69) is 38.0 Å². The van der Waals surface area contributed by atoms with E-state index in [9.17, 15) is 0 Å². The first-order valence-electron chi connectivity index (χ1n) is 6.59. The Labute approximate surface area is 95.4 Å². The minimum atomic E-state index is 0.757. The molecule has 0 saturated carbocycles. The molecule has 15 heavy (non-hydrogen) atoms. The van der Waals surface area contributed by atoms with Crippen LogP contribution in [-0.2, 0) is 0 Å². The van der Waals surface area contributed by atoms with E-state index in [-0.39, 0.29) is 0 Å². The Hall–Kier alpha value is -0.0800. The van der Waals surface area contributed by atoms with Crippen LogP contribution in [0.15, 0.2) is 0 Å². The largest absolute Gasteiger partial charge is 0.317 e. The van der Waals surface area contributed by atoms with E-state index < -0.39 is 0 Å². The van der Waals surface area contributed by atoms with E-state index in [0.717, 1.165) is 18.0 Å². The average Bonchev–Trinajstić information content (AvgIpc) is 2.45. The molecule has 0 aromatic heterocycles. The zero-order valence-electron chi connectivity index (χ0n) is 10.9. The quantitative estimate of drug-likeness (QED) is 0.770. The van der Waals surface area contributed by atoms with E-state index >= 15 is 0 Å². The van der Waals surface area contributed by atoms with Gasteiger partial charge in [-0.3, -0.25) is 0 Å². The maximum Gasteiger partial charge on any atom is 0.0115 e. The summed E-state index contributed by atoms with van der Waals surface area (Å²) in [6.45, 7) is 9.42. The van der Waals surface area contributed by atoms with Crippen LogP contribution in [0.3, 0.4) is 0 Å². The van der Waals surface area contributed by atoms with Gasteiger partial charge in [-0.25, -0.2) is 0 Å². The second-order valence-corrected chi connectivity index (χ2v) is 5.22. The van der Waals surface area contributed by atoms with Crippen molar-refractivity contribution in [1.29, 1.82) is 0 Å². The van der Waals surface area contributed by atoms with Crippen molar-refractivity contribution in [3.8, 4) is 0 Å². The van der Waals surface area contributed by atoms with Crippen LogP contribution in [0.1, 0.15) is 46.5 Å². The minimum absolute atomic E-state index is 0.757. The van der Waals surface area contributed by atoms with Gasteiger partial charge in [-0.05, 0) is 51.7 Å². The van der Waals surface area contributed by atoms with Gasteiger partial charge in [0.05, 0.1) is 0 Å². The smallest absolute Gasteiger partial charge is 0.0115 e. The van der Waals surface area contributed by atoms with Gasteiger partial charge in [-0.1, -0.05) is 20.8 Å². The molecule has 1 heterocycles. The van der Waals surface area contributed by atoms with Crippen molar-refractivity contribution in [2.45, 2.75) is 58.5 Å². The van der Waals surface area contributed by atoms with Crippen molar-refractivity contribution >= 4 is 0 Å². The van der Waals surface area contributed by atoms with Gasteiger partial charge < -0.3 is 10.2 Å². The molecule has 0 bridgehead atoms. The molecule has 1 saturated heterocycles. The monoisotopic (exact) mass is 212 g/mol. The van der Waals surface area contributed by atoms with Crippen LogP contribution in [0.4, 0.5) is 0 Å². The summed E-state index contributed by atoms with van der Waals surface area (Å²) in [5.74, 6) is 0.774. The molecule has 1 aliphatic rings. The number of hydrogen-bond donors (Lipinski definition) is 1. The van der Waals surface area contributed by atoms with Gasteiger partial charge in [-0.15, -0.1) is 0 Å². The first kappa shape index (κ1) is 13.0. The predicted molar refractivity (Wildman–Crippen MR) is 67.2 cm³/mol. The van der Waals surface area contributed by atoms with Gasteiger partial charge in [0.25, 0.3) is 0 Å². The zero-order chi connectivity index (χ0) is 11.3. The van der Waals surface area contributed by atoms with Gasteiger partial charge >= 0.3 is 0 Å². The summed E-state index contributed by atoms with van der Waals surface area (Å²) in [6, 6.07) is 1.56. The minimum Gasteiger partial charge on any atom is -0.317 e. The first-order chi connectivity index (χ1) is 7.16. The molecule has 0 aromatic carbocycles. The Kier molecular flexibility index (Phi) is 5.62. The third-order valence-electron chi connectivity index (χ3n) is 3.83. The summed E-state index contributed by atoms with van der Waals surface area (Å²) in [5.41, 5.74) is 0. The molecule has 2 heteroatoms. The van der Waals surface area contributed by atoms with Crippen LogP contribution in [-0.4, -0.2) is 37.1 Å². The van der Waals surface area contributed by atoms with Gasteiger partial charge in [0.1, 0.15) is 0 Å². The zero-order valence-corrected chi connectivity index (χ0v) is 10.9. The second-order valence-electron chi connectivity index (χ2n) is 5.22. The average molecular weight is 212 g/mol. The molecule has 2 nitrogen and oxygen atoms in total. The SMILES string of the molecule is CCC(C(C)C)N(C)C1CCCNCC1. The van der Waals surface area contributed by atoms with E-state index in [1.807, 2.05) is 0 Å². The van der Waals surface area contributed by atoms with Crippen molar-refractivity contribution in [2.24, 2.45) is 5.92 Å². The summed E-state index contributed by atoms with van der Waals surface area (Å²) >= 11 is 0. The Morgan fingerprint density at radius 1 is 1.27 bits per heavy atom. The molecule has 1 rings (SSSR count). The van der Waals surface area contributed by atoms with E-state index in [1.54, 1.807) is 0 Å². The Morgan fingerprint density at radius 2 is 2.00 bits per heavy atom. The number of hydrogen-bond acceptors (Lipinski definition) is 2. The van der Waals surface area contributed by atoms with Crippen LogP contribution in [0, 0.1) is 5.92 Å². The van der Waals surface area contributed by atoms with Crippen molar-refractivity contribution in [2.75, 3.05) is 20.1 Å². The van der Waals surface area contributed by atoms with Crippen molar-refractivity contribution in [3.05, 3.63) is 0 Å². The van der Waals surface area contributed by atoms with Crippen LogP contribution < -0.4 is 5.32 Å². The lowest BCUT2D eigenvalue weighted by molar-refractivity contribution is 0.122. The third kappa shape index (κ3) is 3.76. The summed E-state index contributed by atoms with van der Waals surface area (Å²) in [6.07, 6.45) is 5.30. The highest BCUT2D eigenvalue weighted by Gasteiger charge is 2.24. The molecule has 2 atom stereocenters. The lowest BCUT2D eigenvalue weighted by Gasteiger charge is -2.36. The van der Waals surface area contributed by atoms with Crippen molar-refractivity contribution in [3.63, 3.8) is 0 Å². The Bertz CT molecular complexity index is 160. The standard InChI is InChI=1S/C13H28N2/c1-5-13(11(2)3)15(4)12-7-6-9-14-10-8-12/h11-14H,5-10H2,1-4H3. The topological polar surface area (TPSA) is 15.3 Å². The summed E-state index contributed by atoms with van der Waals surface area (Å²) < 4.78 is 0. The molecule has 0 aromatic rings. The second kappa shape index (κ2) is 6.49. The maximum atomic E-state index is 3.49. The molecular weight excluding hydrogens is 184 g/mol. The molecule has 0 spiro atoms. The van der Waals surface area contributed by atoms with E-state index in [4.69, 9.17) is 0 Å². The molecule has 2 unspecified atom stereocenters. The molecule has 1 fully saturated rings. The van der Waals surface area contributed by atoms with Crippen LogP contribution in [0.5, 0.6) is 0 Å². The number of nitrogens with one attached hydrogen (secondary N) is 1. The predicted octanol–water partition coefficient (Wildman–Crippen LogP) is 2.49. The molecule has 0 aliphatic carbocycles. The lowest BCUT2D eigenvalue weighted by Crippen LogP contribution is -2.43. The normalized spacial score (nSPS) is 25.6. The van der Waals surface area contributed by atoms with E-state index in [1.165, 1.54) is 38.8 Å². The summed E-state index contributed by atoms with van der Waals surface area (Å²) in [5, 5.41) is 3.49. The van der Waals surface area contributed by atoms with Gasteiger partial charge in [0, 0.05) is 12.1 Å². The Balaban J connectivity index is 2.51.